The molecule has 5 nitrogen and oxygen atoms in total. The lowest BCUT2D eigenvalue weighted by molar-refractivity contribution is 0.0474. The van der Waals surface area contributed by atoms with Crippen molar-refractivity contribution in [3.8, 4) is 11.1 Å². The van der Waals surface area contributed by atoms with Gasteiger partial charge in [0.25, 0.3) is 0 Å². The van der Waals surface area contributed by atoms with Gasteiger partial charge in [-0.2, -0.15) is 0 Å². The Morgan fingerprint density at radius 1 is 1.03 bits per heavy atom. The zero-order chi connectivity index (χ0) is 21.8. The largest absolute Gasteiger partial charge is 0.454 e. The van der Waals surface area contributed by atoms with Crippen LogP contribution in [0.2, 0.25) is 0 Å². The summed E-state index contributed by atoms with van der Waals surface area (Å²) in [5.74, 6) is -0.693. The molecule has 0 aliphatic carbocycles. The summed E-state index contributed by atoms with van der Waals surface area (Å²) in [5.41, 5.74) is 5.03. The summed E-state index contributed by atoms with van der Waals surface area (Å²) in [4.78, 5) is 25.1. The summed E-state index contributed by atoms with van der Waals surface area (Å²) in [7, 11) is 0. The topological polar surface area (TPSA) is 57.5 Å². The molecule has 1 aliphatic heterocycles. The quantitative estimate of drug-likeness (QED) is 0.401. The number of Topliss-reactive ketones (excluding diaryl/α,β-unsaturated/α-hetero) is 1. The molecule has 0 bridgehead atoms. The molecule has 5 heteroatoms. The Hall–Kier alpha value is -3.18. The van der Waals surface area contributed by atoms with Gasteiger partial charge in [0.2, 0.25) is 5.78 Å². The predicted molar refractivity (Wildman–Crippen MR) is 119 cm³/mol. The van der Waals surface area contributed by atoms with Crippen LogP contribution in [0.15, 0.2) is 60.7 Å². The molecule has 0 unspecified atom stereocenters. The molecule has 31 heavy (non-hydrogen) atoms. The molecule has 1 atom stereocenters. The molecule has 0 spiro atoms. The molecule has 2 aromatic carbocycles. The van der Waals surface area contributed by atoms with Crippen molar-refractivity contribution in [1.29, 1.82) is 0 Å². The predicted octanol–water partition coefficient (Wildman–Crippen LogP) is 4.99. The number of carbonyl (C=O) groups excluding carboxylic acids is 2. The average Bonchev–Trinajstić information content (AvgIpc) is 3.42. The number of rotatable bonds is 7. The maximum atomic E-state index is 12.7. The van der Waals surface area contributed by atoms with E-state index in [4.69, 9.17) is 9.47 Å². The van der Waals surface area contributed by atoms with Gasteiger partial charge < -0.3 is 14.0 Å². The molecule has 1 fully saturated rings. The van der Waals surface area contributed by atoms with E-state index in [1.807, 2.05) is 62.4 Å². The van der Waals surface area contributed by atoms with Crippen molar-refractivity contribution >= 4 is 11.8 Å². The van der Waals surface area contributed by atoms with Crippen LogP contribution in [0.5, 0.6) is 0 Å². The minimum atomic E-state index is -0.499. The lowest BCUT2D eigenvalue weighted by Crippen LogP contribution is -2.18. The molecule has 0 saturated carbocycles. The van der Waals surface area contributed by atoms with Crippen LogP contribution in [-0.2, 0) is 16.0 Å². The number of benzene rings is 2. The van der Waals surface area contributed by atoms with E-state index in [1.165, 1.54) is 0 Å². The molecule has 160 valence electrons. The van der Waals surface area contributed by atoms with Crippen LogP contribution in [0.4, 0.5) is 0 Å². The normalized spacial score (nSPS) is 15.7. The van der Waals surface area contributed by atoms with Gasteiger partial charge in [-0.1, -0.05) is 42.5 Å². The van der Waals surface area contributed by atoms with Gasteiger partial charge in [0.15, 0.2) is 6.61 Å². The summed E-state index contributed by atoms with van der Waals surface area (Å²) < 4.78 is 13.1. The standard InChI is InChI=1S/C26H27NO4/c1-18-15-24(19(2)27(18)16-23-9-6-14-30-23)25(28)17-31-26(29)22-12-10-21(11-13-22)20-7-4-3-5-8-20/h3-5,7-8,10-13,15,23H,6,9,14,16-17H2,1-2H3/t23-/m1/s1. The Morgan fingerprint density at radius 2 is 1.74 bits per heavy atom. The van der Waals surface area contributed by atoms with Gasteiger partial charge in [0, 0.05) is 30.1 Å². The van der Waals surface area contributed by atoms with E-state index in [0.29, 0.717) is 11.1 Å². The first-order chi connectivity index (χ1) is 15.0. The van der Waals surface area contributed by atoms with Crippen LogP contribution in [-0.4, -0.2) is 35.6 Å². The first-order valence-corrected chi connectivity index (χ1v) is 10.7. The highest BCUT2D eigenvalue weighted by atomic mass is 16.5. The zero-order valence-electron chi connectivity index (χ0n) is 18.0. The Labute approximate surface area is 182 Å². The number of esters is 1. The fourth-order valence-electron chi connectivity index (χ4n) is 4.08. The highest BCUT2D eigenvalue weighted by Gasteiger charge is 2.22. The van der Waals surface area contributed by atoms with Gasteiger partial charge in [0.05, 0.1) is 11.7 Å². The molecule has 1 saturated heterocycles. The van der Waals surface area contributed by atoms with Crippen LogP contribution in [0, 0.1) is 13.8 Å². The number of ketones is 1. The van der Waals surface area contributed by atoms with Crippen molar-refractivity contribution in [3.05, 3.63) is 83.2 Å². The lowest BCUT2D eigenvalue weighted by Gasteiger charge is -2.14. The first-order valence-electron chi connectivity index (χ1n) is 10.7. The fraction of sp³-hybridized carbons (Fsp3) is 0.308. The Balaban J connectivity index is 1.38. The van der Waals surface area contributed by atoms with E-state index >= 15 is 0 Å². The lowest BCUT2D eigenvalue weighted by atomic mass is 10.0. The summed E-state index contributed by atoms with van der Waals surface area (Å²) in [6.45, 7) is 5.19. The minimum absolute atomic E-state index is 0.194. The van der Waals surface area contributed by atoms with Crippen molar-refractivity contribution in [1.82, 2.24) is 4.57 Å². The van der Waals surface area contributed by atoms with Gasteiger partial charge in [0.1, 0.15) is 0 Å². The second kappa shape index (κ2) is 9.31. The highest BCUT2D eigenvalue weighted by Crippen LogP contribution is 2.22. The van der Waals surface area contributed by atoms with E-state index in [1.54, 1.807) is 12.1 Å². The third-order valence-electron chi connectivity index (χ3n) is 5.85. The van der Waals surface area contributed by atoms with Crippen molar-refractivity contribution in [2.24, 2.45) is 0 Å². The Bertz CT molecular complexity index is 1060. The van der Waals surface area contributed by atoms with Crippen molar-refractivity contribution in [2.75, 3.05) is 13.2 Å². The van der Waals surface area contributed by atoms with Gasteiger partial charge in [-0.3, -0.25) is 4.79 Å². The highest BCUT2D eigenvalue weighted by molar-refractivity contribution is 6.00. The molecular weight excluding hydrogens is 390 g/mol. The van der Waals surface area contributed by atoms with E-state index in [9.17, 15) is 9.59 Å². The van der Waals surface area contributed by atoms with E-state index in [0.717, 1.165) is 48.5 Å². The van der Waals surface area contributed by atoms with Gasteiger partial charge in [-0.25, -0.2) is 4.79 Å². The Kier molecular flexibility index (Phi) is 6.33. The van der Waals surface area contributed by atoms with Crippen molar-refractivity contribution in [2.45, 2.75) is 39.3 Å². The van der Waals surface area contributed by atoms with E-state index in [-0.39, 0.29) is 18.5 Å². The molecule has 0 radical (unpaired) electrons. The van der Waals surface area contributed by atoms with E-state index < -0.39 is 5.97 Å². The molecule has 0 N–H and O–H groups in total. The van der Waals surface area contributed by atoms with Gasteiger partial charge in [-0.15, -0.1) is 0 Å². The first kappa shape index (κ1) is 21.1. The summed E-state index contributed by atoms with van der Waals surface area (Å²) in [5, 5.41) is 0. The summed E-state index contributed by atoms with van der Waals surface area (Å²) in [6, 6.07) is 19.0. The summed E-state index contributed by atoms with van der Waals surface area (Å²) in [6.07, 6.45) is 2.32. The third-order valence-corrected chi connectivity index (χ3v) is 5.85. The molecule has 0 amide bonds. The number of aromatic nitrogens is 1. The van der Waals surface area contributed by atoms with Gasteiger partial charge >= 0.3 is 5.97 Å². The van der Waals surface area contributed by atoms with E-state index in [2.05, 4.69) is 4.57 Å². The maximum absolute atomic E-state index is 12.7. The zero-order valence-corrected chi connectivity index (χ0v) is 18.0. The van der Waals surface area contributed by atoms with Crippen LogP contribution < -0.4 is 0 Å². The number of ether oxygens (including phenoxy) is 2. The fourth-order valence-corrected chi connectivity index (χ4v) is 4.08. The monoisotopic (exact) mass is 417 g/mol. The second-order valence-electron chi connectivity index (χ2n) is 7.97. The maximum Gasteiger partial charge on any atom is 0.338 e. The average molecular weight is 418 g/mol. The van der Waals surface area contributed by atoms with Crippen LogP contribution in [0.25, 0.3) is 11.1 Å². The molecule has 2 heterocycles. The number of nitrogens with zero attached hydrogens (tertiary/aromatic N) is 1. The SMILES string of the molecule is Cc1cc(C(=O)COC(=O)c2ccc(-c3ccccc3)cc2)c(C)n1C[C@H]1CCCO1. The van der Waals surface area contributed by atoms with Crippen molar-refractivity contribution in [3.63, 3.8) is 0 Å². The Morgan fingerprint density at radius 3 is 2.42 bits per heavy atom. The number of carbonyl (C=O) groups is 2. The number of hydrogen-bond donors (Lipinski definition) is 0. The third kappa shape index (κ3) is 4.78. The molecular formula is C26H27NO4. The van der Waals surface area contributed by atoms with Crippen LogP contribution in [0.1, 0.15) is 44.9 Å². The van der Waals surface area contributed by atoms with Gasteiger partial charge in [-0.05, 0) is 56.0 Å². The van der Waals surface area contributed by atoms with Crippen LogP contribution >= 0.6 is 0 Å². The van der Waals surface area contributed by atoms with Crippen LogP contribution in [0.3, 0.4) is 0 Å². The molecule has 3 aromatic rings. The minimum Gasteiger partial charge on any atom is -0.454 e. The molecule has 1 aromatic heterocycles. The molecule has 4 rings (SSSR count). The number of hydrogen-bond acceptors (Lipinski definition) is 4. The molecule has 1 aliphatic rings. The second-order valence-corrected chi connectivity index (χ2v) is 7.97. The van der Waals surface area contributed by atoms with Crippen molar-refractivity contribution < 1.29 is 19.1 Å². The summed E-state index contributed by atoms with van der Waals surface area (Å²) >= 11 is 0. The smallest absolute Gasteiger partial charge is 0.338 e. The number of aryl methyl sites for hydroxylation is 1.